The summed E-state index contributed by atoms with van der Waals surface area (Å²) in [5.74, 6) is -3.67. The molecule has 32 heavy (non-hydrogen) atoms. The van der Waals surface area contributed by atoms with Gasteiger partial charge in [0.1, 0.15) is 18.1 Å². The first-order valence-corrected chi connectivity index (χ1v) is 9.58. The fraction of sp³-hybridized carbons (Fsp3) is 0.421. The molecule has 0 aliphatic carbocycles. The third kappa shape index (κ3) is 8.77. The van der Waals surface area contributed by atoms with Crippen LogP contribution in [0.3, 0.4) is 0 Å². The van der Waals surface area contributed by atoms with Crippen LogP contribution < -0.4 is 21.3 Å². The van der Waals surface area contributed by atoms with E-state index in [4.69, 9.17) is 5.11 Å². The van der Waals surface area contributed by atoms with Crippen LogP contribution >= 0.6 is 0 Å². The van der Waals surface area contributed by atoms with Crippen molar-refractivity contribution < 1.29 is 34.0 Å². The average molecular weight is 451 g/mol. The lowest BCUT2D eigenvalue weighted by Crippen LogP contribution is -2.54. The number of aliphatic carboxylic acids is 1. The third-order valence-corrected chi connectivity index (χ3v) is 4.19. The van der Waals surface area contributed by atoms with Gasteiger partial charge in [0.2, 0.25) is 23.6 Å². The Morgan fingerprint density at radius 2 is 1.31 bits per heavy atom. The van der Waals surface area contributed by atoms with Crippen LogP contribution in [-0.2, 0) is 24.0 Å². The van der Waals surface area contributed by atoms with Gasteiger partial charge in [-0.3, -0.25) is 34.1 Å². The molecule has 5 N–H and O–H groups in total. The maximum Gasteiger partial charge on any atom is 0.303 e. The van der Waals surface area contributed by atoms with Crippen LogP contribution in [0.4, 0.5) is 11.4 Å². The van der Waals surface area contributed by atoms with Crippen molar-refractivity contribution in [3.63, 3.8) is 0 Å². The number of non-ortho nitro benzene ring substituents is 1. The summed E-state index contributed by atoms with van der Waals surface area (Å²) in [6.45, 7) is 4.17. The molecule has 13 heteroatoms. The Labute approximate surface area is 183 Å². The van der Waals surface area contributed by atoms with Crippen LogP contribution in [0.1, 0.15) is 33.6 Å². The van der Waals surface area contributed by atoms with E-state index in [1.54, 1.807) is 0 Å². The molecule has 1 rings (SSSR count). The predicted octanol–water partition coefficient (Wildman–Crippen LogP) is -0.0878. The zero-order valence-electron chi connectivity index (χ0n) is 17.7. The van der Waals surface area contributed by atoms with Gasteiger partial charge in [0.05, 0.1) is 11.3 Å². The molecule has 0 aliphatic heterocycles. The zero-order valence-corrected chi connectivity index (χ0v) is 17.7. The highest BCUT2D eigenvalue weighted by molar-refractivity contribution is 5.98. The van der Waals surface area contributed by atoms with E-state index in [2.05, 4.69) is 21.3 Å². The van der Waals surface area contributed by atoms with Crippen molar-refractivity contribution in [1.29, 1.82) is 0 Å². The van der Waals surface area contributed by atoms with Crippen LogP contribution in [0.2, 0.25) is 0 Å². The Kier molecular flexibility index (Phi) is 9.73. The highest BCUT2D eigenvalue weighted by Gasteiger charge is 2.24. The van der Waals surface area contributed by atoms with Gasteiger partial charge in [0.15, 0.2) is 0 Å². The first kappa shape index (κ1) is 26.0. The number of anilines is 1. The lowest BCUT2D eigenvalue weighted by Gasteiger charge is -2.20. The van der Waals surface area contributed by atoms with Crippen molar-refractivity contribution in [2.75, 3.05) is 5.32 Å². The fourth-order valence-corrected chi connectivity index (χ4v) is 2.32. The maximum atomic E-state index is 12.3. The van der Waals surface area contributed by atoms with E-state index in [9.17, 15) is 34.1 Å². The van der Waals surface area contributed by atoms with Gasteiger partial charge in [0, 0.05) is 24.2 Å². The number of nitro groups is 1. The molecular formula is C19H25N5O8. The molecule has 0 fully saturated rings. The molecule has 0 bridgehead atoms. The third-order valence-electron chi connectivity index (χ3n) is 4.19. The lowest BCUT2D eigenvalue weighted by atomic mass is 10.2. The van der Waals surface area contributed by atoms with Crippen molar-refractivity contribution in [2.24, 2.45) is 0 Å². The summed E-state index contributed by atoms with van der Waals surface area (Å²) >= 11 is 0. The molecule has 0 aliphatic rings. The number of nitro benzene ring substituents is 1. The number of carbonyl (C=O) groups is 5. The summed E-state index contributed by atoms with van der Waals surface area (Å²) in [7, 11) is 0. The number of carboxylic acid groups (broad SMARTS) is 1. The first-order valence-electron chi connectivity index (χ1n) is 9.58. The van der Waals surface area contributed by atoms with E-state index in [0.29, 0.717) is 5.69 Å². The Morgan fingerprint density at radius 3 is 1.78 bits per heavy atom. The van der Waals surface area contributed by atoms with Gasteiger partial charge in [-0.15, -0.1) is 0 Å². The second kappa shape index (κ2) is 12.0. The Hall–Kier alpha value is -4.03. The van der Waals surface area contributed by atoms with E-state index in [1.165, 1.54) is 45.0 Å². The van der Waals surface area contributed by atoms with Gasteiger partial charge in [-0.25, -0.2) is 0 Å². The molecule has 0 spiro atoms. The van der Waals surface area contributed by atoms with Crippen molar-refractivity contribution in [2.45, 2.75) is 51.7 Å². The van der Waals surface area contributed by atoms with Crippen LogP contribution in [0.5, 0.6) is 0 Å². The smallest absolute Gasteiger partial charge is 0.303 e. The molecule has 0 radical (unpaired) electrons. The SMILES string of the molecule is C[C@H](NC(=O)[C@@H](C)NC(=O)[C@@H](C)NC(=O)CCC(=O)O)C(=O)Nc1ccc([N+](=O)[O-])cc1. The van der Waals surface area contributed by atoms with Gasteiger partial charge < -0.3 is 26.4 Å². The number of amides is 4. The summed E-state index contributed by atoms with van der Waals surface area (Å²) in [5.41, 5.74) is 0.164. The van der Waals surface area contributed by atoms with Crippen LogP contribution in [0, 0.1) is 10.1 Å². The summed E-state index contributed by atoms with van der Waals surface area (Å²) in [6.07, 6.45) is -0.664. The topological polar surface area (TPSA) is 197 Å². The van der Waals surface area contributed by atoms with Gasteiger partial charge in [0.25, 0.3) is 5.69 Å². The number of benzene rings is 1. The minimum Gasteiger partial charge on any atom is -0.481 e. The number of hydrogen-bond donors (Lipinski definition) is 5. The quantitative estimate of drug-likeness (QED) is 0.227. The van der Waals surface area contributed by atoms with E-state index >= 15 is 0 Å². The molecule has 3 atom stereocenters. The van der Waals surface area contributed by atoms with Crippen LogP contribution in [-0.4, -0.2) is 57.8 Å². The van der Waals surface area contributed by atoms with Crippen molar-refractivity contribution in [1.82, 2.24) is 16.0 Å². The minimum atomic E-state index is -1.14. The van der Waals surface area contributed by atoms with Crippen molar-refractivity contribution in [3.8, 4) is 0 Å². The largest absolute Gasteiger partial charge is 0.481 e. The van der Waals surface area contributed by atoms with Crippen LogP contribution in [0.25, 0.3) is 0 Å². The zero-order chi connectivity index (χ0) is 24.4. The number of rotatable bonds is 11. The summed E-state index contributed by atoms with van der Waals surface area (Å²) < 4.78 is 0. The van der Waals surface area contributed by atoms with E-state index in [0.717, 1.165) is 0 Å². The molecule has 4 amide bonds. The fourth-order valence-electron chi connectivity index (χ4n) is 2.32. The first-order chi connectivity index (χ1) is 14.9. The van der Waals surface area contributed by atoms with E-state index in [-0.39, 0.29) is 18.5 Å². The molecule has 1 aromatic rings. The van der Waals surface area contributed by atoms with Gasteiger partial charge >= 0.3 is 5.97 Å². The van der Waals surface area contributed by atoms with Crippen molar-refractivity contribution in [3.05, 3.63) is 34.4 Å². The number of nitrogens with one attached hydrogen (secondary N) is 4. The summed E-state index contributed by atoms with van der Waals surface area (Å²) in [6, 6.07) is 2.12. The van der Waals surface area contributed by atoms with E-state index < -0.39 is 52.6 Å². The average Bonchev–Trinajstić information content (AvgIpc) is 2.72. The van der Waals surface area contributed by atoms with Gasteiger partial charge in [-0.05, 0) is 32.9 Å². The Bertz CT molecular complexity index is 886. The van der Waals surface area contributed by atoms with Gasteiger partial charge in [-0.1, -0.05) is 0 Å². The second-order valence-electron chi connectivity index (χ2n) is 6.94. The van der Waals surface area contributed by atoms with Gasteiger partial charge in [-0.2, -0.15) is 0 Å². The maximum absolute atomic E-state index is 12.3. The molecule has 0 saturated heterocycles. The Balaban J connectivity index is 2.51. The normalized spacial score (nSPS) is 13.1. The highest BCUT2D eigenvalue weighted by Crippen LogP contribution is 2.15. The standard InChI is InChI=1S/C19H25N5O8/c1-10(20-15(25)8-9-16(26)27)17(28)21-11(2)18(29)22-12(3)19(30)23-13-4-6-14(7-5-13)24(31)32/h4-7,10-12H,8-9H2,1-3H3,(H,20,25)(H,21,28)(H,22,29)(H,23,30)(H,26,27)/t10-,11-,12+/m1/s1. The number of carbonyl (C=O) groups excluding carboxylic acids is 4. The predicted molar refractivity (Wildman–Crippen MR) is 111 cm³/mol. The van der Waals surface area contributed by atoms with E-state index in [1.807, 2.05) is 0 Å². The molecule has 0 saturated carbocycles. The molecule has 13 nitrogen and oxygen atoms in total. The monoisotopic (exact) mass is 451 g/mol. The lowest BCUT2D eigenvalue weighted by molar-refractivity contribution is -0.384. The summed E-state index contributed by atoms with van der Waals surface area (Å²) in [5, 5.41) is 28.8. The number of nitrogens with zero attached hydrogens (tertiary/aromatic N) is 1. The second-order valence-corrected chi connectivity index (χ2v) is 6.94. The molecule has 174 valence electrons. The minimum absolute atomic E-state index is 0.138. The molecule has 1 aromatic carbocycles. The molecule has 0 unspecified atom stereocenters. The van der Waals surface area contributed by atoms with Crippen LogP contribution in [0.15, 0.2) is 24.3 Å². The number of carboxylic acids is 1. The highest BCUT2D eigenvalue weighted by atomic mass is 16.6. The molecule has 0 heterocycles. The summed E-state index contributed by atoms with van der Waals surface area (Å²) in [4.78, 5) is 68.7. The number of hydrogen-bond acceptors (Lipinski definition) is 7. The molecular weight excluding hydrogens is 426 g/mol. The van der Waals surface area contributed by atoms with Crippen molar-refractivity contribution >= 4 is 41.0 Å². The molecule has 0 aromatic heterocycles. The Morgan fingerprint density at radius 1 is 0.844 bits per heavy atom.